The predicted octanol–water partition coefficient (Wildman–Crippen LogP) is -0.711. The van der Waals surface area contributed by atoms with Crippen LogP contribution in [-0.4, -0.2) is 59.8 Å². The Labute approximate surface area is 123 Å². The maximum Gasteiger partial charge on any atom is 0.268 e. The lowest BCUT2D eigenvalue weighted by Gasteiger charge is -2.07. The summed E-state index contributed by atoms with van der Waals surface area (Å²) in [5.74, 6) is -0.776. The maximum absolute atomic E-state index is 11.2. The van der Waals surface area contributed by atoms with Crippen molar-refractivity contribution in [2.24, 2.45) is 10.3 Å². The zero-order chi connectivity index (χ0) is 16.1. The highest BCUT2D eigenvalue weighted by atomic mass is 16.4. The van der Waals surface area contributed by atoms with Crippen LogP contribution < -0.4 is 16.0 Å². The second-order valence-corrected chi connectivity index (χ2v) is 4.34. The Morgan fingerprint density at radius 1 is 0.810 bits per heavy atom. The number of carbonyl (C=O) groups excluding carboxylic acids is 2. The summed E-state index contributed by atoms with van der Waals surface area (Å²) < 4.78 is 0. The first kappa shape index (κ1) is 18.8. The van der Waals surface area contributed by atoms with Gasteiger partial charge in [-0.15, -0.1) is 0 Å². The van der Waals surface area contributed by atoms with Crippen molar-refractivity contribution < 1.29 is 20.0 Å². The summed E-state index contributed by atoms with van der Waals surface area (Å²) in [4.78, 5) is 22.4. The first-order valence-corrected chi connectivity index (χ1v) is 6.67. The van der Waals surface area contributed by atoms with Crippen LogP contribution in [0.5, 0.6) is 0 Å². The highest BCUT2D eigenvalue weighted by Gasteiger charge is 2.05. The van der Waals surface area contributed by atoms with Crippen molar-refractivity contribution in [3.63, 3.8) is 0 Å². The third kappa shape index (κ3) is 9.38. The number of hydrogen-bond donors (Lipinski definition) is 5. The number of nitrogens with zero attached hydrogens (tertiary/aromatic N) is 2. The van der Waals surface area contributed by atoms with Gasteiger partial charge in [-0.1, -0.05) is 10.3 Å². The molecule has 0 heterocycles. The molecule has 0 aliphatic rings. The van der Waals surface area contributed by atoms with Crippen LogP contribution in [0, 0.1) is 0 Å². The second kappa shape index (κ2) is 11.6. The number of nitrogens with one attached hydrogen (secondary N) is 3. The van der Waals surface area contributed by atoms with Gasteiger partial charge in [0.05, 0.1) is 0 Å². The van der Waals surface area contributed by atoms with Gasteiger partial charge in [-0.25, -0.2) is 0 Å². The molecule has 21 heavy (non-hydrogen) atoms. The molecule has 9 heteroatoms. The average molecular weight is 301 g/mol. The number of carbonyl (C=O) groups is 2. The van der Waals surface area contributed by atoms with Gasteiger partial charge in [0.15, 0.2) is 0 Å². The van der Waals surface area contributed by atoms with Gasteiger partial charge in [0.1, 0.15) is 11.4 Å². The second-order valence-electron chi connectivity index (χ2n) is 4.34. The first-order valence-electron chi connectivity index (χ1n) is 6.67. The Kier molecular flexibility index (Phi) is 10.5. The molecule has 0 rings (SSSR count). The Hall–Kier alpha value is -2.16. The molecular formula is C12H23N5O4. The van der Waals surface area contributed by atoms with E-state index < -0.39 is 0 Å². The standard InChI is InChI=1S/C12H23N5O4/c1-9(16-20)11(18)14-7-3-5-13-6-4-8-15-12(19)10(2)17-21/h13,20-21H,3-8H2,1-2H3,(H,14,18)(H,15,19). The normalized spacial score (nSPS) is 12.1. The lowest BCUT2D eigenvalue weighted by molar-refractivity contribution is -0.115. The van der Waals surface area contributed by atoms with Crippen LogP contribution in [0.4, 0.5) is 0 Å². The molecule has 0 aromatic carbocycles. The van der Waals surface area contributed by atoms with Gasteiger partial charge < -0.3 is 26.4 Å². The van der Waals surface area contributed by atoms with Crippen LogP contribution in [0.15, 0.2) is 10.3 Å². The summed E-state index contributed by atoms with van der Waals surface area (Å²) in [6.45, 7) is 5.26. The van der Waals surface area contributed by atoms with E-state index in [4.69, 9.17) is 10.4 Å². The molecule has 0 aliphatic heterocycles. The SMILES string of the molecule is CC(=NO)C(=O)NCCCNCCCNC(=O)C(C)=NO. The number of rotatable bonds is 10. The lowest BCUT2D eigenvalue weighted by atomic mass is 10.3. The molecule has 0 fully saturated rings. The van der Waals surface area contributed by atoms with E-state index in [-0.39, 0.29) is 23.2 Å². The summed E-state index contributed by atoms with van der Waals surface area (Å²) in [7, 11) is 0. The van der Waals surface area contributed by atoms with E-state index in [0.29, 0.717) is 13.1 Å². The molecule has 0 aliphatic carbocycles. The molecule has 0 bridgehead atoms. The van der Waals surface area contributed by atoms with Gasteiger partial charge in [-0.2, -0.15) is 0 Å². The van der Waals surface area contributed by atoms with Gasteiger partial charge in [0.25, 0.3) is 11.8 Å². The van der Waals surface area contributed by atoms with Crippen LogP contribution in [0.2, 0.25) is 0 Å². The summed E-state index contributed by atoms with van der Waals surface area (Å²) in [5, 5.41) is 30.7. The fraction of sp³-hybridized carbons (Fsp3) is 0.667. The van der Waals surface area contributed by atoms with E-state index in [2.05, 4.69) is 26.3 Å². The number of hydrogen-bond acceptors (Lipinski definition) is 7. The molecule has 0 saturated carbocycles. The van der Waals surface area contributed by atoms with Crippen LogP contribution in [0.1, 0.15) is 26.7 Å². The quantitative estimate of drug-likeness (QED) is 0.157. The van der Waals surface area contributed by atoms with Gasteiger partial charge in [0.2, 0.25) is 0 Å². The minimum atomic E-state index is -0.388. The zero-order valence-electron chi connectivity index (χ0n) is 12.3. The Morgan fingerprint density at radius 2 is 1.19 bits per heavy atom. The van der Waals surface area contributed by atoms with Crippen molar-refractivity contribution in [3.05, 3.63) is 0 Å². The van der Waals surface area contributed by atoms with Gasteiger partial charge in [0, 0.05) is 13.1 Å². The highest BCUT2D eigenvalue weighted by Crippen LogP contribution is 1.81. The molecule has 0 aromatic rings. The predicted molar refractivity (Wildman–Crippen MR) is 77.9 cm³/mol. The van der Waals surface area contributed by atoms with Crippen molar-refractivity contribution in [1.82, 2.24) is 16.0 Å². The van der Waals surface area contributed by atoms with E-state index in [0.717, 1.165) is 25.9 Å². The molecule has 0 atom stereocenters. The van der Waals surface area contributed by atoms with E-state index in [1.807, 2.05) is 0 Å². The van der Waals surface area contributed by atoms with E-state index in [1.165, 1.54) is 13.8 Å². The van der Waals surface area contributed by atoms with Gasteiger partial charge in [-0.05, 0) is 39.8 Å². The summed E-state index contributed by atoms with van der Waals surface area (Å²) in [5.41, 5.74) is 0.0563. The smallest absolute Gasteiger partial charge is 0.268 e. The molecular weight excluding hydrogens is 278 g/mol. The Bertz CT molecular complexity index is 359. The lowest BCUT2D eigenvalue weighted by Crippen LogP contribution is -2.33. The number of amides is 2. The molecule has 120 valence electrons. The Balaban J connectivity index is 3.42. The largest absolute Gasteiger partial charge is 0.410 e. The monoisotopic (exact) mass is 301 g/mol. The minimum Gasteiger partial charge on any atom is -0.410 e. The number of oxime groups is 2. The topological polar surface area (TPSA) is 135 Å². The molecule has 0 spiro atoms. The van der Waals surface area contributed by atoms with Crippen LogP contribution in [-0.2, 0) is 9.59 Å². The van der Waals surface area contributed by atoms with Crippen molar-refractivity contribution in [2.45, 2.75) is 26.7 Å². The molecule has 0 aromatic heterocycles. The molecule has 5 N–H and O–H groups in total. The molecule has 0 radical (unpaired) electrons. The fourth-order valence-electron chi connectivity index (χ4n) is 1.30. The van der Waals surface area contributed by atoms with E-state index in [1.54, 1.807) is 0 Å². The fourth-order valence-corrected chi connectivity index (χ4v) is 1.30. The summed E-state index contributed by atoms with van der Waals surface area (Å²) in [6, 6.07) is 0. The van der Waals surface area contributed by atoms with Crippen molar-refractivity contribution >= 4 is 23.2 Å². The van der Waals surface area contributed by atoms with Crippen LogP contribution in [0.25, 0.3) is 0 Å². The van der Waals surface area contributed by atoms with Crippen LogP contribution in [0.3, 0.4) is 0 Å². The molecule has 0 unspecified atom stereocenters. The zero-order valence-corrected chi connectivity index (χ0v) is 12.3. The average Bonchev–Trinajstić information content (AvgIpc) is 2.50. The minimum absolute atomic E-state index is 0.0282. The first-order chi connectivity index (χ1) is 10.0. The van der Waals surface area contributed by atoms with E-state index >= 15 is 0 Å². The third-order valence-corrected chi connectivity index (χ3v) is 2.59. The summed E-state index contributed by atoms with van der Waals surface area (Å²) in [6.07, 6.45) is 1.49. The third-order valence-electron chi connectivity index (χ3n) is 2.59. The van der Waals surface area contributed by atoms with Crippen molar-refractivity contribution in [3.8, 4) is 0 Å². The van der Waals surface area contributed by atoms with Gasteiger partial charge >= 0.3 is 0 Å². The molecule has 2 amide bonds. The highest BCUT2D eigenvalue weighted by molar-refractivity contribution is 6.38. The van der Waals surface area contributed by atoms with Gasteiger partial charge in [-0.3, -0.25) is 9.59 Å². The molecule has 0 saturated heterocycles. The molecule has 9 nitrogen and oxygen atoms in total. The van der Waals surface area contributed by atoms with Crippen molar-refractivity contribution in [1.29, 1.82) is 0 Å². The van der Waals surface area contributed by atoms with Crippen molar-refractivity contribution in [2.75, 3.05) is 26.2 Å². The van der Waals surface area contributed by atoms with E-state index in [9.17, 15) is 9.59 Å². The maximum atomic E-state index is 11.2. The Morgan fingerprint density at radius 3 is 1.52 bits per heavy atom. The van der Waals surface area contributed by atoms with Crippen LogP contribution >= 0.6 is 0 Å². The summed E-state index contributed by atoms with van der Waals surface area (Å²) >= 11 is 0.